The highest BCUT2D eigenvalue weighted by Crippen LogP contribution is 2.21. The van der Waals surface area contributed by atoms with Gasteiger partial charge >= 0.3 is 11.8 Å². The van der Waals surface area contributed by atoms with Crippen molar-refractivity contribution in [3.63, 3.8) is 0 Å². The molecule has 2 N–H and O–H groups in total. The molecule has 27 heavy (non-hydrogen) atoms. The highest BCUT2D eigenvalue weighted by molar-refractivity contribution is 6.35. The van der Waals surface area contributed by atoms with Crippen molar-refractivity contribution in [2.75, 3.05) is 6.61 Å². The molecule has 0 bridgehead atoms. The first kappa shape index (κ1) is 20.5. The maximum Gasteiger partial charge on any atom is 0.329 e. The van der Waals surface area contributed by atoms with Gasteiger partial charge in [0.2, 0.25) is 0 Å². The molecule has 0 aromatic heterocycles. The van der Waals surface area contributed by atoms with E-state index in [4.69, 9.17) is 16.3 Å². The lowest BCUT2D eigenvalue weighted by Gasteiger charge is -2.13. The Morgan fingerprint density at radius 2 is 1.93 bits per heavy atom. The van der Waals surface area contributed by atoms with Crippen molar-refractivity contribution in [1.82, 2.24) is 10.7 Å². The number of halogens is 1. The zero-order valence-corrected chi connectivity index (χ0v) is 16.0. The molecule has 0 unspecified atom stereocenters. The molecular formula is C20H22ClN3O3. The zero-order chi connectivity index (χ0) is 19.6. The lowest BCUT2D eigenvalue weighted by molar-refractivity contribution is -0.139. The second-order valence-corrected chi connectivity index (χ2v) is 6.27. The summed E-state index contributed by atoms with van der Waals surface area (Å²) < 4.78 is 5.61. The third-order valence-corrected chi connectivity index (χ3v) is 3.89. The third-order valence-electron chi connectivity index (χ3n) is 3.66. The predicted octanol–water partition coefficient (Wildman–Crippen LogP) is 3.46. The number of nitrogens with zero attached hydrogens (tertiary/aromatic N) is 1. The summed E-state index contributed by atoms with van der Waals surface area (Å²) >= 11 is 5.99. The van der Waals surface area contributed by atoms with Crippen LogP contribution < -0.4 is 15.5 Å². The third kappa shape index (κ3) is 6.42. The van der Waals surface area contributed by atoms with Crippen LogP contribution in [0.3, 0.4) is 0 Å². The first-order valence-corrected chi connectivity index (χ1v) is 9.00. The topological polar surface area (TPSA) is 79.8 Å². The summed E-state index contributed by atoms with van der Waals surface area (Å²) in [5.74, 6) is -1.02. The molecule has 0 aliphatic carbocycles. The molecule has 0 saturated carbocycles. The van der Waals surface area contributed by atoms with E-state index in [1.54, 1.807) is 25.1 Å². The molecule has 6 nitrogen and oxygen atoms in total. The van der Waals surface area contributed by atoms with Gasteiger partial charge in [0.15, 0.2) is 0 Å². The first-order chi connectivity index (χ1) is 13.0. The van der Waals surface area contributed by atoms with E-state index in [2.05, 4.69) is 15.8 Å². The van der Waals surface area contributed by atoms with E-state index in [9.17, 15) is 9.59 Å². The Hall–Kier alpha value is -2.86. The molecule has 2 rings (SSSR count). The molecular weight excluding hydrogens is 366 g/mol. The maximum atomic E-state index is 12.0. The summed E-state index contributed by atoms with van der Waals surface area (Å²) in [5, 5.41) is 6.97. The van der Waals surface area contributed by atoms with Gasteiger partial charge in [-0.1, -0.05) is 48.9 Å². The Morgan fingerprint density at radius 3 is 2.63 bits per heavy atom. The summed E-state index contributed by atoms with van der Waals surface area (Å²) in [7, 11) is 0. The zero-order valence-electron chi connectivity index (χ0n) is 15.2. The van der Waals surface area contributed by atoms with Gasteiger partial charge in [-0.15, -0.1) is 0 Å². The standard InChI is InChI=1S/C20H22ClN3O3/c1-3-11-27-18-10-9-17(21)12-16(18)13-22-24-20(26)19(25)23-14(2)15-7-5-4-6-8-15/h4-10,12-14H,3,11H2,1-2H3,(H,23,25)(H,24,26)/b22-13-/t14-/m1/s1. The second-order valence-electron chi connectivity index (χ2n) is 5.84. The molecule has 2 aromatic rings. The van der Waals surface area contributed by atoms with Crippen LogP contribution in [-0.2, 0) is 9.59 Å². The number of benzene rings is 2. The smallest absolute Gasteiger partial charge is 0.329 e. The Labute approximate surface area is 163 Å². The average molecular weight is 388 g/mol. The van der Waals surface area contributed by atoms with E-state index in [0.717, 1.165) is 12.0 Å². The van der Waals surface area contributed by atoms with Crippen LogP contribution in [0.5, 0.6) is 5.75 Å². The fraction of sp³-hybridized carbons (Fsp3) is 0.250. The molecule has 0 spiro atoms. The molecule has 7 heteroatoms. The Balaban J connectivity index is 1.94. The Kier molecular flexibility index (Phi) is 7.82. The van der Waals surface area contributed by atoms with Crippen molar-refractivity contribution in [2.45, 2.75) is 26.3 Å². The van der Waals surface area contributed by atoms with Crippen LogP contribution in [0.1, 0.15) is 37.4 Å². The molecule has 1 atom stereocenters. The minimum Gasteiger partial charge on any atom is -0.493 e. The van der Waals surface area contributed by atoms with Crippen LogP contribution in [0, 0.1) is 0 Å². The summed E-state index contributed by atoms with van der Waals surface area (Å²) in [6.45, 7) is 4.35. The van der Waals surface area contributed by atoms with Crippen LogP contribution in [-0.4, -0.2) is 24.6 Å². The number of carbonyl (C=O) groups is 2. The molecule has 0 aliphatic rings. The SMILES string of the molecule is CCCOc1ccc(Cl)cc1/C=N\NC(=O)C(=O)N[C@H](C)c1ccccc1. The molecule has 2 aromatic carbocycles. The molecule has 0 aliphatic heterocycles. The van der Waals surface area contributed by atoms with Crippen molar-refractivity contribution in [3.05, 3.63) is 64.7 Å². The van der Waals surface area contributed by atoms with Gasteiger partial charge in [-0.05, 0) is 37.1 Å². The fourth-order valence-corrected chi connectivity index (χ4v) is 2.44. The van der Waals surface area contributed by atoms with E-state index < -0.39 is 11.8 Å². The van der Waals surface area contributed by atoms with Crippen LogP contribution in [0.25, 0.3) is 0 Å². The Bertz CT molecular complexity index is 809. The molecule has 142 valence electrons. The number of hydrazone groups is 1. The van der Waals surface area contributed by atoms with E-state index in [0.29, 0.717) is 22.9 Å². The van der Waals surface area contributed by atoms with Gasteiger partial charge in [0.05, 0.1) is 18.9 Å². The second kappa shape index (κ2) is 10.3. The van der Waals surface area contributed by atoms with Gasteiger partial charge in [-0.25, -0.2) is 5.43 Å². The quantitative estimate of drug-likeness (QED) is 0.433. The minimum atomic E-state index is -0.855. The van der Waals surface area contributed by atoms with Crippen LogP contribution in [0.15, 0.2) is 53.6 Å². The van der Waals surface area contributed by atoms with Gasteiger partial charge in [-0.3, -0.25) is 9.59 Å². The van der Waals surface area contributed by atoms with E-state index >= 15 is 0 Å². The van der Waals surface area contributed by atoms with Gasteiger partial charge in [0.25, 0.3) is 0 Å². The van der Waals surface area contributed by atoms with Crippen molar-refractivity contribution in [3.8, 4) is 5.75 Å². The summed E-state index contributed by atoms with van der Waals surface area (Å²) in [5.41, 5.74) is 3.72. The monoisotopic (exact) mass is 387 g/mol. The van der Waals surface area contributed by atoms with Gasteiger partial charge in [0.1, 0.15) is 5.75 Å². The fourth-order valence-electron chi connectivity index (χ4n) is 2.26. The first-order valence-electron chi connectivity index (χ1n) is 8.62. The summed E-state index contributed by atoms with van der Waals surface area (Å²) in [6, 6.07) is 14.2. The van der Waals surface area contributed by atoms with Gasteiger partial charge < -0.3 is 10.1 Å². The highest BCUT2D eigenvalue weighted by Gasteiger charge is 2.16. The number of ether oxygens (including phenoxy) is 1. The molecule has 0 saturated heterocycles. The van der Waals surface area contributed by atoms with Crippen molar-refractivity contribution in [2.24, 2.45) is 5.10 Å². The average Bonchev–Trinajstić information content (AvgIpc) is 2.67. The summed E-state index contributed by atoms with van der Waals surface area (Å²) in [4.78, 5) is 23.9. The van der Waals surface area contributed by atoms with Gasteiger partial charge in [-0.2, -0.15) is 5.10 Å². The molecule has 0 radical (unpaired) electrons. The number of carbonyl (C=O) groups excluding carboxylic acids is 2. The minimum absolute atomic E-state index is 0.296. The van der Waals surface area contributed by atoms with Crippen LogP contribution in [0.4, 0.5) is 0 Å². The van der Waals surface area contributed by atoms with E-state index in [-0.39, 0.29) is 6.04 Å². The van der Waals surface area contributed by atoms with E-state index in [1.165, 1.54) is 6.21 Å². The van der Waals surface area contributed by atoms with Crippen LogP contribution in [0.2, 0.25) is 5.02 Å². The van der Waals surface area contributed by atoms with Crippen LogP contribution >= 0.6 is 11.6 Å². The van der Waals surface area contributed by atoms with Crippen molar-refractivity contribution >= 4 is 29.6 Å². The number of hydrogen-bond acceptors (Lipinski definition) is 4. The lowest BCUT2D eigenvalue weighted by Crippen LogP contribution is -2.39. The number of nitrogens with one attached hydrogen (secondary N) is 2. The molecule has 0 heterocycles. The maximum absolute atomic E-state index is 12.0. The lowest BCUT2D eigenvalue weighted by atomic mass is 10.1. The number of rotatable bonds is 7. The number of hydrogen-bond donors (Lipinski definition) is 2. The van der Waals surface area contributed by atoms with Crippen molar-refractivity contribution < 1.29 is 14.3 Å². The Morgan fingerprint density at radius 1 is 1.19 bits per heavy atom. The van der Waals surface area contributed by atoms with E-state index in [1.807, 2.05) is 37.3 Å². The summed E-state index contributed by atoms with van der Waals surface area (Å²) in [6.07, 6.45) is 2.25. The number of amides is 2. The largest absolute Gasteiger partial charge is 0.493 e. The molecule has 0 fully saturated rings. The van der Waals surface area contributed by atoms with Crippen molar-refractivity contribution in [1.29, 1.82) is 0 Å². The highest BCUT2D eigenvalue weighted by atomic mass is 35.5. The normalized spacial score (nSPS) is 11.8. The molecule has 2 amide bonds. The predicted molar refractivity (Wildman–Crippen MR) is 106 cm³/mol. The van der Waals surface area contributed by atoms with Gasteiger partial charge in [0, 0.05) is 10.6 Å².